The predicted octanol–water partition coefficient (Wildman–Crippen LogP) is 3.56. The maximum atomic E-state index is 12.0. The van der Waals surface area contributed by atoms with Gasteiger partial charge in [-0.3, -0.25) is 9.59 Å². The summed E-state index contributed by atoms with van der Waals surface area (Å²) in [5, 5.41) is 4.77. The van der Waals surface area contributed by atoms with Crippen LogP contribution in [0.3, 0.4) is 0 Å². The van der Waals surface area contributed by atoms with Crippen LogP contribution in [0.4, 0.5) is 5.69 Å². The van der Waals surface area contributed by atoms with Crippen molar-refractivity contribution in [1.82, 2.24) is 0 Å². The van der Waals surface area contributed by atoms with Gasteiger partial charge in [0.25, 0.3) is 5.91 Å². The van der Waals surface area contributed by atoms with Gasteiger partial charge in [0.2, 0.25) is 0 Å². The van der Waals surface area contributed by atoms with Crippen molar-refractivity contribution in [2.45, 2.75) is 6.42 Å². The van der Waals surface area contributed by atoms with Crippen LogP contribution in [-0.4, -0.2) is 18.5 Å². The fraction of sp³-hybridized carbons (Fsp3) is 0.100. The van der Waals surface area contributed by atoms with E-state index in [9.17, 15) is 9.59 Å². The third kappa shape index (κ3) is 3.98. The zero-order chi connectivity index (χ0) is 16.8. The average molecular weight is 319 g/mol. The van der Waals surface area contributed by atoms with Gasteiger partial charge in [-0.05, 0) is 28.5 Å². The first-order valence-electron chi connectivity index (χ1n) is 7.69. The maximum absolute atomic E-state index is 12.0. The number of para-hydroxylation sites is 1. The molecule has 0 radical (unpaired) electrons. The van der Waals surface area contributed by atoms with Gasteiger partial charge in [-0.25, -0.2) is 0 Å². The summed E-state index contributed by atoms with van der Waals surface area (Å²) in [7, 11) is 0. The Morgan fingerprint density at radius 1 is 0.833 bits per heavy atom. The molecule has 0 aliphatic carbocycles. The summed E-state index contributed by atoms with van der Waals surface area (Å²) >= 11 is 0. The number of esters is 1. The Labute approximate surface area is 140 Å². The topological polar surface area (TPSA) is 55.4 Å². The molecule has 0 spiro atoms. The molecule has 0 saturated carbocycles. The first kappa shape index (κ1) is 15.7. The van der Waals surface area contributed by atoms with E-state index in [-0.39, 0.29) is 18.9 Å². The van der Waals surface area contributed by atoms with Crippen molar-refractivity contribution in [2.75, 3.05) is 11.9 Å². The number of ether oxygens (including phenoxy) is 1. The van der Waals surface area contributed by atoms with E-state index in [1.165, 1.54) is 0 Å². The van der Waals surface area contributed by atoms with Crippen LogP contribution in [0.25, 0.3) is 10.8 Å². The van der Waals surface area contributed by atoms with E-state index in [2.05, 4.69) is 5.32 Å². The van der Waals surface area contributed by atoms with Crippen molar-refractivity contribution in [3.05, 3.63) is 78.4 Å². The highest BCUT2D eigenvalue weighted by molar-refractivity contribution is 5.93. The molecule has 3 aromatic carbocycles. The van der Waals surface area contributed by atoms with Gasteiger partial charge in [-0.1, -0.05) is 60.7 Å². The lowest BCUT2D eigenvalue weighted by Gasteiger charge is -2.08. The Morgan fingerprint density at radius 2 is 1.54 bits per heavy atom. The van der Waals surface area contributed by atoms with E-state index in [1.54, 1.807) is 12.1 Å². The number of anilines is 1. The standard InChI is InChI=1S/C20H17NO3/c22-19(21-17-10-2-1-3-11-17)14-24-20(23)13-16-9-6-8-15-7-4-5-12-18(15)16/h1-12H,13-14H2,(H,21,22). The van der Waals surface area contributed by atoms with E-state index in [0.717, 1.165) is 16.3 Å². The second kappa shape index (κ2) is 7.42. The number of hydrogen-bond acceptors (Lipinski definition) is 3. The molecule has 3 aromatic rings. The van der Waals surface area contributed by atoms with Crippen LogP contribution < -0.4 is 5.32 Å². The molecule has 24 heavy (non-hydrogen) atoms. The van der Waals surface area contributed by atoms with Crippen LogP contribution >= 0.6 is 0 Å². The Morgan fingerprint density at radius 3 is 2.38 bits per heavy atom. The van der Waals surface area contributed by atoms with Gasteiger partial charge in [-0.2, -0.15) is 0 Å². The van der Waals surface area contributed by atoms with Crippen LogP contribution in [0.15, 0.2) is 72.8 Å². The van der Waals surface area contributed by atoms with Crippen molar-refractivity contribution in [3.63, 3.8) is 0 Å². The largest absolute Gasteiger partial charge is 0.455 e. The minimum absolute atomic E-state index is 0.139. The van der Waals surface area contributed by atoms with Crippen LogP contribution in [0.5, 0.6) is 0 Å². The molecule has 0 saturated heterocycles. The quantitative estimate of drug-likeness (QED) is 0.732. The van der Waals surface area contributed by atoms with Gasteiger partial charge in [0.05, 0.1) is 6.42 Å². The normalized spacial score (nSPS) is 10.3. The Bertz CT molecular complexity index is 854. The molecule has 4 heteroatoms. The summed E-state index contributed by atoms with van der Waals surface area (Å²) in [4.78, 5) is 23.8. The van der Waals surface area contributed by atoms with Crippen LogP contribution in [0.1, 0.15) is 5.56 Å². The van der Waals surface area contributed by atoms with E-state index in [4.69, 9.17) is 4.74 Å². The molecule has 4 nitrogen and oxygen atoms in total. The average Bonchev–Trinajstić information content (AvgIpc) is 2.61. The van der Waals surface area contributed by atoms with Crippen molar-refractivity contribution in [1.29, 1.82) is 0 Å². The Kier molecular flexibility index (Phi) is 4.87. The van der Waals surface area contributed by atoms with Crippen molar-refractivity contribution < 1.29 is 14.3 Å². The maximum Gasteiger partial charge on any atom is 0.310 e. The highest BCUT2D eigenvalue weighted by Gasteiger charge is 2.10. The number of hydrogen-bond donors (Lipinski definition) is 1. The van der Waals surface area contributed by atoms with E-state index in [0.29, 0.717) is 5.69 Å². The Hall–Kier alpha value is -3.14. The van der Waals surface area contributed by atoms with Crippen molar-refractivity contribution in [2.24, 2.45) is 0 Å². The smallest absolute Gasteiger partial charge is 0.310 e. The summed E-state index contributed by atoms with van der Waals surface area (Å²) in [5.41, 5.74) is 1.56. The Balaban J connectivity index is 1.56. The highest BCUT2D eigenvalue weighted by Crippen LogP contribution is 2.19. The van der Waals surface area contributed by atoms with Gasteiger partial charge in [0, 0.05) is 5.69 Å². The number of rotatable bonds is 5. The molecule has 0 aliphatic rings. The van der Waals surface area contributed by atoms with Crippen molar-refractivity contribution in [3.8, 4) is 0 Å². The summed E-state index contributed by atoms with van der Waals surface area (Å²) < 4.78 is 5.08. The number of carbonyl (C=O) groups excluding carboxylic acids is 2. The number of benzene rings is 3. The number of fused-ring (bicyclic) bond motifs is 1. The first-order chi connectivity index (χ1) is 11.7. The molecule has 0 aromatic heterocycles. The fourth-order valence-electron chi connectivity index (χ4n) is 2.52. The molecule has 0 aliphatic heterocycles. The highest BCUT2D eigenvalue weighted by atomic mass is 16.5. The fourth-order valence-corrected chi connectivity index (χ4v) is 2.52. The molecule has 3 rings (SSSR count). The predicted molar refractivity (Wildman–Crippen MR) is 93.7 cm³/mol. The van der Waals surface area contributed by atoms with E-state index < -0.39 is 5.97 Å². The molecular formula is C20H17NO3. The SMILES string of the molecule is O=C(COC(=O)Cc1cccc2ccccc12)Nc1ccccc1. The lowest BCUT2D eigenvalue weighted by atomic mass is 10.0. The summed E-state index contributed by atoms with van der Waals surface area (Å²) in [6.07, 6.45) is 0.139. The monoisotopic (exact) mass is 319 g/mol. The molecule has 0 bridgehead atoms. The van der Waals surface area contributed by atoms with Gasteiger partial charge in [-0.15, -0.1) is 0 Å². The summed E-state index contributed by atoms with van der Waals surface area (Å²) in [6.45, 7) is -0.293. The zero-order valence-electron chi connectivity index (χ0n) is 13.1. The summed E-state index contributed by atoms with van der Waals surface area (Å²) in [5.74, 6) is -0.776. The third-order valence-electron chi connectivity index (χ3n) is 3.64. The second-order valence-electron chi connectivity index (χ2n) is 5.39. The second-order valence-corrected chi connectivity index (χ2v) is 5.39. The zero-order valence-corrected chi connectivity index (χ0v) is 13.1. The van der Waals surface area contributed by atoms with Crippen LogP contribution in [0, 0.1) is 0 Å². The van der Waals surface area contributed by atoms with Gasteiger partial charge in [0.15, 0.2) is 6.61 Å². The molecule has 0 heterocycles. The number of nitrogens with one attached hydrogen (secondary N) is 1. The van der Waals surface area contributed by atoms with Gasteiger partial charge >= 0.3 is 5.97 Å². The van der Waals surface area contributed by atoms with Crippen LogP contribution in [0.2, 0.25) is 0 Å². The lowest BCUT2D eigenvalue weighted by Crippen LogP contribution is -2.21. The summed E-state index contributed by atoms with van der Waals surface area (Å²) in [6, 6.07) is 22.7. The van der Waals surface area contributed by atoms with Crippen molar-refractivity contribution >= 4 is 28.3 Å². The number of amides is 1. The molecule has 0 atom stereocenters. The van der Waals surface area contributed by atoms with Gasteiger partial charge in [0.1, 0.15) is 0 Å². The minimum atomic E-state index is -0.422. The lowest BCUT2D eigenvalue weighted by molar-refractivity contribution is -0.146. The van der Waals surface area contributed by atoms with E-state index in [1.807, 2.05) is 60.7 Å². The first-order valence-corrected chi connectivity index (χ1v) is 7.69. The molecule has 1 amide bonds. The molecular weight excluding hydrogens is 302 g/mol. The van der Waals surface area contributed by atoms with Gasteiger partial charge < -0.3 is 10.1 Å². The molecule has 120 valence electrons. The third-order valence-corrected chi connectivity index (χ3v) is 3.64. The number of carbonyl (C=O) groups is 2. The molecule has 1 N–H and O–H groups in total. The molecule has 0 fully saturated rings. The van der Waals surface area contributed by atoms with E-state index >= 15 is 0 Å². The molecule has 0 unspecified atom stereocenters. The minimum Gasteiger partial charge on any atom is -0.455 e. The van der Waals surface area contributed by atoms with Crippen LogP contribution in [-0.2, 0) is 20.7 Å².